The van der Waals surface area contributed by atoms with Crippen LogP contribution in [0.2, 0.25) is 0 Å². The van der Waals surface area contributed by atoms with Gasteiger partial charge in [-0.25, -0.2) is 4.98 Å². The number of hydrogen-bond donors (Lipinski definition) is 1. The third kappa shape index (κ3) is 2.51. The van der Waals surface area contributed by atoms with Crippen LogP contribution in [0.4, 0.5) is 0 Å². The minimum Gasteiger partial charge on any atom is -0.370 e. The molecule has 4 heteroatoms. The highest BCUT2D eigenvalue weighted by Crippen LogP contribution is 2.32. The third-order valence-electron chi connectivity index (χ3n) is 3.97. The van der Waals surface area contributed by atoms with Gasteiger partial charge in [-0.3, -0.25) is 5.10 Å². The van der Waals surface area contributed by atoms with Crippen LogP contribution in [0.3, 0.4) is 0 Å². The summed E-state index contributed by atoms with van der Waals surface area (Å²) in [5.74, 6) is 2.55. The summed E-state index contributed by atoms with van der Waals surface area (Å²) in [5, 5.41) is 7.49. The number of rotatable bonds is 2. The van der Waals surface area contributed by atoms with Crippen LogP contribution in [-0.4, -0.2) is 21.8 Å². The second-order valence-corrected chi connectivity index (χ2v) is 5.27. The molecular weight excluding hydrogens is 214 g/mol. The predicted molar refractivity (Wildman–Crippen MR) is 64.8 cm³/mol. The van der Waals surface area contributed by atoms with Gasteiger partial charge in [-0.2, -0.15) is 5.10 Å². The molecule has 4 nitrogen and oxygen atoms in total. The molecule has 0 spiro atoms. The first-order valence-electron chi connectivity index (χ1n) is 6.97. The lowest BCUT2D eigenvalue weighted by molar-refractivity contribution is 0.00961. The molecule has 1 aliphatic heterocycles. The van der Waals surface area contributed by atoms with Crippen molar-refractivity contribution in [1.29, 1.82) is 0 Å². The van der Waals surface area contributed by atoms with Crippen molar-refractivity contribution in [3.05, 3.63) is 11.6 Å². The normalized spacial score (nSPS) is 27.2. The number of nitrogens with zero attached hydrogens (tertiary/aromatic N) is 2. The summed E-state index contributed by atoms with van der Waals surface area (Å²) in [6.07, 6.45) is 10.2. The first-order chi connectivity index (χ1) is 8.43. The van der Waals surface area contributed by atoms with E-state index in [1.54, 1.807) is 0 Å². The molecule has 0 aromatic carbocycles. The van der Waals surface area contributed by atoms with Gasteiger partial charge in [-0.1, -0.05) is 19.3 Å². The maximum atomic E-state index is 5.73. The van der Waals surface area contributed by atoms with Crippen LogP contribution in [0.1, 0.15) is 75.0 Å². The maximum absolute atomic E-state index is 5.73. The van der Waals surface area contributed by atoms with E-state index in [2.05, 4.69) is 15.2 Å². The molecule has 0 amide bonds. The fourth-order valence-corrected chi connectivity index (χ4v) is 2.93. The van der Waals surface area contributed by atoms with Gasteiger partial charge in [0.1, 0.15) is 6.10 Å². The molecule has 0 radical (unpaired) electrons. The van der Waals surface area contributed by atoms with Gasteiger partial charge in [0.25, 0.3) is 0 Å². The van der Waals surface area contributed by atoms with Crippen LogP contribution in [0.25, 0.3) is 0 Å². The van der Waals surface area contributed by atoms with Crippen LogP contribution in [0.15, 0.2) is 0 Å². The molecule has 1 aromatic rings. The van der Waals surface area contributed by atoms with Gasteiger partial charge in [0.05, 0.1) is 0 Å². The van der Waals surface area contributed by atoms with Gasteiger partial charge in [0.2, 0.25) is 0 Å². The lowest BCUT2D eigenvalue weighted by Gasteiger charge is -2.20. The zero-order valence-electron chi connectivity index (χ0n) is 10.3. The number of nitrogens with one attached hydrogen (secondary N) is 1. The van der Waals surface area contributed by atoms with Crippen molar-refractivity contribution in [3.8, 4) is 0 Å². The third-order valence-corrected chi connectivity index (χ3v) is 3.97. The molecule has 2 fully saturated rings. The molecule has 1 saturated heterocycles. The average Bonchev–Trinajstić information content (AvgIpc) is 2.90. The molecule has 1 N–H and O–H groups in total. The van der Waals surface area contributed by atoms with Gasteiger partial charge in [-0.05, 0) is 32.1 Å². The van der Waals surface area contributed by atoms with Gasteiger partial charge in [0, 0.05) is 12.5 Å². The zero-order valence-corrected chi connectivity index (χ0v) is 10.3. The lowest BCUT2D eigenvalue weighted by atomic mass is 9.89. The Kier molecular flexibility index (Phi) is 3.41. The molecular formula is C13H21N3O. The van der Waals surface area contributed by atoms with E-state index in [9.17, 15) is 0 Å². The molecule has 1 aliphatic carbocycles. The Bertz CT molecular complexity index is 319. The number of ether oxygens (including phenoxy) is 1. The Balaban J connectivity index is 1.68. The van der Waals surface area contributed by atoms with Gasteiger partial charge in [0.15, 0.2) is 11.6 Å². The first-order valence-corrected chi connectivity index (χ1v) is 6.97. The summed E-state index contributed by atoms with van der Waals surface area (Å²) in [4.78, 5) is 4.67. The van der Waals surface area contributed by atoms with Crippen molar-refractivity contribution in [2.45, 2.75) is 63.4 Å². The molecule has 1 atom stereocenters. The molecule has 0 bridgehead atoms. The van der Waals surface area contributed by atoms with E-state index in [1.807, 2.05) is 0 Å². The topological polar surface area (TPSA) is 50.8 Å². The summed E-state index contributed by atoms with van der Waals surface area (Å²) >= 11 is 0. The van der Waals surface area contributed by atoms with E-state index in [1.165, 1.54) is 44.9 Å². The Morgan fingerprint density at radius 2 is 1.82 bits per heavy atom. The van der Waals surface area contributed by atoms with Crippen molar-refractivity contribution >= 4 is 0 Å². The van der Waals surface area contributed by atoms with E-state index >= 15 is 0 Å². The highest BCUT2D eigenvalue weighted by Gasteiger charge is 2.23. The number of aromatic amines is 1. The fraction of sp³-hybridized carbons (Fsp3) is 0.846. The monoisotopic (exact) mass is 235 g/mol. The summed E-state index contributed by atoms with van der Waals surface area (Å²) < 4.78 is 5.73. The quantitative estimate of drug-likeness (QED) is 0.857. The fourth-order valence-electron chi connectivity index (χ4n) is 2.93. The molecule has 94 valence electrons. The molecule has 1 aromatic heterocycles. The van der Waals surface area contributed by atoms with Gasteiger partial charge < -0.3 is 4.74 Å². The molecule has 2 heterocycles. The number of hydrogen-bond acceptors (Lipinski definition) is 3. The standard InChI is InChI=1S/C13H21N3O/c1-2-6-10(7-3-1)12-14-13(16-15-12)11-8-4-5-9-17-11/h10-11H,1-9H2,(H,14,15,16). The van der Waals surface area contributed by atoms with Crippen molar-refractivity contribution in [1.82, 2.24) is 15.2 Å². The van der Waals surface area contributed by atoms with Gasteiger partial charge >= 0.3 is 0 Å². The summed E-state index contributed by atoms with van der Waals surface area (Å²) in [6, 6.07) is 0. The van der Waals surface area contributed by atoms with Crippen LogP contribution in [0, 0.1) is 0 Å². The molecule has 2 aliphatic rings. The van der Waals surface area contributed by atoms with Crippen LogP contribution in [-0.2, 0) is 4.74 Å². The smallest absolute Gasteiger partial charge is 0.153 e. The largest absolute Gasteiger partial charge is 0.370 e. The van der Waals surface area contributed by atoms with Crippen molar-refractivity contribution < 1.29 is 4.74 Å². The van der Waals surface area contributed by atoms with E-state index in [4.69, 9.17) is 4.74 Å². The second kappa shape index (κ2) is 5.17. The Morgan fingerprint density at radius 3 is 2.59 bits per heavy atom. The van der Waals surface area contributed by atoms with Crippen LogP contribution >= 0.6 is 0 Å². The van der Waals surface area contributed by atoms with E-state index in [-0.39, 0.29) is 6.10 Å². The first kappa shape index (κ1) is 11.2. The summed E-state index contributed by atoms with van der Waals surface area (Å²) in [7, 11) is 0. The van der Waals surface area contributed by atoms with Crippen molar-refractivity contribution in [2.75, 3.05) is 6.61 Å². The van der Waals surface area contributed by atoms with Crippen LogP contribution < -0.4 is 0 Å². The Morgan fingerprint density at radius 1 is 1.00 bits per heavy atom. The Labute approximate surface area is 102 Å². The van der Waals surface area contributed by atoms with E-state index < -0.39 is 0 Å². The molecule has 3 rings (SSSR count). The summed E-state index contributed by atoms with van der Waals surface area (Å²) in [5.41, 5.74) is 0. The maximum Gasteiger partial charge on any atom is 0.153 e. The SMILES string of the molecule is C1CCC(c2n[nH]c(C3CCCCO3)n2)CC1. The zero-order chi connectivity index (χ0) is 11.5. The van der Waals surface area contributed by atoms with Crippen molar-refractivity contribution in [3.63, 3.8) is 0 Å². The predicted octanol–water partition coefficient (Wildman–Crippen LogP) is 3.09. The minimum atomic E-state index is 0.161. The molecule has 17 heavy (non-hydrogen) atoms. The minimum absolute atomic E-state index is 0.161. The Hall–Kier alpha value is -0.900. The lowest BCUT2D eigenvalue weighted by Crippen LogP contribution is -2.13. The number of H-pyrrole nitrogens is 1. The summed E-state index contributed by atoms with van der Waals surface area (Å²) in [6.45, 7) is 0.865. The average molecular weight is 235 g/mol. The van der Waals surface area contributed by atoms with E-state index in [0.717, 1.165) is 24.7 Å². The molecule has 1 unspecified atom stereocenters. The molecule has 1 saturated carbocycles. The van der Waals surface area contributed by atoms with Crippen molar-refractivity contribution in [2.24, 2.45) is 0 Å². The van der Waals surface area contributed by atoms with Gasteiger partial charge in [-0.15, -0.1) is 0 Å². The highest BCUT2D eigenvalue weighted by atomic mass is 16.5. The van der Waals surface area contributed by atoms with E-state index in [0.29, 0.717) is 5.92 Å². The highest BCUT2D eigenvalue weighted by molar-refractivity contribution is 5.01. The number of aromatic nitrogens is 3. The second-order valence-electron chi connectivity index (χ2n) is 5.27. The van der Waals surface area contributed by atoms with Crippen LogP contribution in [0.5, 0.6) is 0 Å².